The minimum absolute atomic E-state index is 0.213. The molecule has 148 valence electrons. The zero-order valence-corrected chi connectivity index (χ0v) is 16.9. The zero-order valence-electron chi connectivity index (χ0n) is 16.1. The molecule has 0 saturated carbocycles. The first-order valence-corrected chi connectivity index (χ1v) is 9.91. The SMILES string of the molecule is COCCOc1ncccc1NC(=O)c1cc2c(C)nn(-c3ccccc3)c2s1. The molecule has 3 heterocycles. The van der Waals surface area contributed by atoms with Gasteiger partial charge in [-0.2, -0.15) is 5.10 Å². The van der Waals surface area contributed by atoms with Gasteiger partial charge in [-0.25, -0.2) is 9.67 Å². The molecule has 0 fully saturated rings. The van der Waals surface area contributed by atoms with Crippen LogP contribution >= 0.6 is 11.3 Å². The third kappa shape index (κ3) is 3.98. The Morgan fingerprint density at radius 3 is 2.79 bits per heavy atom. The monoisotopic (exact) mass is 408 g/mol. The Kier molecular flexibility index (Phi) is 5.55. The van der Waals surface area contributed by atoms with E-state index >= 15 is 0 Å². The van der Waals surface area contributed by atoms with E-state index in [1.165, 1.54) is 11.3 Å². The van der Waals surface area contributed by atoms with Gasteiger partial charge in [0.15, 0.2) is 0 Å². The first-order chi connectivity index (χ1) is 14.2. The van der Waals surface area contributed by atoms with Gasteiger partial charge in [-0.3, -0.25) is 4.79 Å². The Morgan fingerprint density at radius 2 is 2.00 bits per heavy atom. The average molecular weight is 408 g/mol. The predicted molar refractivity (Wildman–Crippen MR) is 113 cm³/mol. The number of ether oxygens (including phenoxy) is 2. The lowest BCUT2D eigenvalue weighted by Crippen LogP contribution is -2.13. The maximum Gasteiger partial charge on any atom is 0.265 e. The van der Waals surface area contributed by atoms with Crippen LogP contribution in [0.4, 0.5) is 5.69 Å². The fourth-order valence-corrected chi connectivity index (χ4v) is 3.99. The average Bonchev–Trinajstić information content (AvgIpc) is 3.31. The molecular weight excluding hydrogens is 388 g/mol. The summed E-state index contributed by atoms with van der Waals surface area (Å²) in [5.41, 5.74) is 2.36. The highest BCUT2D eigenvalue weighted by molar-refractivity contribution is 7.20. The van der Waals surface area contributed by atoms with E-state index in [2.05, 4.69) is 15.4 Å². The van der Waals surface area contributed by atoms with Gasteiger partial charge in [0.1, 0.15) is 17.1 Å². The fraction of sp³-hybridized carbons (Fsp3) is 0.190. The summed E-state index contributed by atoms with van der Waals surface area (Å²) in [7, 11) is 1.60. The van der Waals surface area contributed by atoms with Crippen LogP contribution < -0.4 is 10.1 Å². The van der Waals surface area contributed by atoms with Crippen molar-refractivity contribution in [3.63, 3.8) is 0 Å². The number of thiophene rings is 1. The second-order valence-corrected chi connectivity index (χ2v) is 7.34. The van der Waals surface area contributed by atoms with Crippen molar-refractivity contribution in [3.05, 3.63) is 65.3 Å². The molecule has 29 heavy (non-hydrogen) atoms. The van der Waals surface area contributed by atoms with Gasteiger partial charge in [-0.15, -0.1) is 11.3 Å². The van der Waals surface area contributed by atoms with E-state index in [0.29, 0.717) is 29.7 Å². The van der Waals surface area contributed by atoms with E-state index in [-0.39, 0.29) is 5.91 Å². The largest absolute Gasteiger partial charge is 0.474 e. The van der Waals surface area contributed by atoms with E-state index in [1.807, 2.05) is 48.0 Å². The molecule has 0 saturated heterocycles. The lowest BCUT2D eigenvalue weighted by Gasteiger charge is -2.10. The van der Waals surface area contributed by atoms with Crippen molar-refractivity contribution in [2.45, 2.75) is 6.92 Å². The van der Waals surface area contributed by atoms with Crippen molar-refractivity contribution < 1.29 is 14.3 Å². The number of para-hydroxylation sites is 1. The number of benzene rings is 1. The quantitative estimate of drug-likeness (QED) is 0.467. The number of carbonyl (C=O) groups excluding carboxylic acids is 1. The Balaban J connectivity index is 1.60. The van der Waals surface area contributed by atoms with E-state index in [0.717, 1.165) is 21.6 Å². The van der Waals surface area contributed by atoms with Gasteiger partial charge in [0, 0.05) is 18.7 Å². The summed E-state index contributed by atoms with van der Waals surface area (Å²) in [5.74, 6) is 0.153. The number of carbonyl (C=O) groups is 1. The Morgan fingerprint density at radius 1 is 1.17 bits per heavy atom. The number of aromatic nitrogens is 3. The number of aryl methyl sites for hydroxylation is 1. The Bertz CT molecular complexity index is 1140. The highest BCUT2D eigenvalue weighted by atomic mass is 32.1. The zero-order chi connectivity index (χ0) is 20.2. The first kappa shape index (κ1) is 19.1. The lowest BCUT2D eigenvalue weighted by molar-refractivity contribution is 0.102. The summed E-state index contributed by atoms with van der Waals surface area (Å²) in [6.07, 6.45) is 1.62. The Hall–Kier alpha value is -3.23. The van der Waals surface area contributed by atoms with Crippen LogP contribution in [0.5, 0.6) is 5.88 Å². The molecule has 0 radical (unpaired) electrons. The number of fused-ring (bicyclic) bond motifs is 1. The summed E-state index contributed by atoms with van der Waals surface area (Å²) >= 11 is 1.40. The molecule has 0 atom stereocenters. The highest BCUT2D eigenvalue weighted by Crippen LogP contribution is 2.31. The minimum atomic E-state index is -0.213. The number of hydrogen-bond acceptors (Lipinski definition) is 6. The molecule has 4 rings (SSSR count). The van der Waals surface area contributed by atoms with Crippen LogP contribution in [0.1, 0.15) is 15.4 Å². The number of anilines is 1. The molecule has 0 unspecified atom stereocenters. The van der Waals surface area contributed by atoms with Gasteiger partial charge in [-0.05, 0) is 37.3 Å². The first-order valence-electron chi connectivity index (χ1n) is 9.10. The summed E-state index contributed by atoms with van der Waals surface area (Å²) in [4.78, 5) is 18.6. The van der Waals surface area contributed by atoms with Crippen LogP contribution in [0.25, 0.3) is 15.9 Å². The molecule has 1 aromatic carbocycles. The molecule has 0 aliphatic heterocycles. The van der Waals surface area contributed by atoms with Gasteiger partial charge >= 0.3 is 0 Å². The molecule has 7 nitrogen and oxygen atoms in total. The minimum Gasteiger partial charge on any atom is -0.474 e. The van der Waals surface area contributed by atoms with Crippen LogP contribution in [0.3, 0.4) is 0 Å². The van der Waals surface area contributed by atoms with Gasteiger partial charge in [-0.1, -0.05) is 18.2 Å². The molecule has 1 amide bonds. The third-order valence-corrected chi connectivity index (χ3v) is 5.42. The molecule has 1 N–H and O–H groups in total. The number of amides is 1. The summed E-state index contributed by atoms with van der Waals surface area (Å²) in [6.45, 7) is 2.74. The van der Waals surface area contributed by atoms with Crippen LogP contribution in [0, 0.1) is 6.92 Å². The van der Waals surface area contributed by atoms with Crippen LogP contribution in [-0.2, 0) is 4.74 Å². The summed E-state index contributed by atoms with van der Waals surface area (Å²) in [6, 6.07) is 15.3. The highest BCUT2D eigenvalue weighted by Gasteiger charge is 2.18. The molecule has 0 aliphatic carbocycles. The van der Waals surface area contributed by atoms with Crippen molar-refractivity contribution in [1.82, 2.24) is 14.8 Å². The van der Waals surface area contributed by atoms with Crippen LogP contribution in [-0.4, -0.2) is 41.0 Å². The second-order valence-electron chi connectivity index (χ2n) is 6.31. The molecule has 8 heteroatoms. The van der Waals surface area contributed by atoms with Crippen LogP contribution in [0.2, 0.25) is 0 Å². The summed E-state index contributed by atoms with van der Waals surface area (Å²) in [5, 5.41) is 8.48. The summed E-state index contributed by atoms with van der Waals surface area (Å²) < 4.78 is 12.5. The predicted octanol–water partition coefficient (Wildman–Crippen LogP) is 4.07. The number of rotatable bonds is 7. The van der Waals surface area contributed by atoms with Crippen molar-refractivity contribution in [2.75, 3.05) is 25.6 Å². The molecule has 3 aromatic heterocycles. The van der Waals surface area contributed by atoms with Crippen molar-refractivity contribution in [2.24, 2.45) is 0 Å². The van der Waals surface area contributed by atoms with E-state index in [1.54, 1.807) is 25.4 Å². The van der Waals surface area contributed by atoms with Gasteiger partial charge in [0.25, 0.3) is 5.91 Å². The van der Waals surface area contributed by atoms with E-state index in [9.17, 15) is 4.79 Å². The van der Waals surface area contributed by atoms with Gasteiger partial charge in [0.2, 0.25) is 5.88 Å². The van der Waals surface area contributed by atoms with E-state index in [4.69, 9.17) is 9.47 Å². The van der Waals surface area contributed by atoms with Gasteiger partial charge in [0.05, 0.1) is 22.9 Å². The molecular formula is C21H20N4O3S. The molecule has 0 spiro atoms. The molecule has 0 bridgehead atoms. The maximum absolute atomic E-state index is 12.9. The van der Waals surface area contributed by atoms with Crippen LogP contribution in [0.15, 0.2) is 54.7 Å². The number of nitrogens with zero attached hydrogens (tertiary/aromatic N) is 3. The van der Waals surface area contributed by atoms with Crippen molar-refractivity contribution in [3.8, 4) is 11.6 Å². The molecule has 4 aromatic rings. The topological polar surface area (TPSA) is 78.3 Å². The Labute approximate surface area is 171 Å². The van der Waals surface area contributed by atoms with E-state index < -0.39 is 0 Å². The normalized spacial score (nSPS) is 11.0. The smallest absolute Gasteiger partial charge is 0.265 e. The van der Waals surface area contributed by atoms with Gasteiger partial charge < -0.3 is 14.8 Å². The number of pyridine rings is 1. The fourth-order valence-electron chi connectivity index (χ4n) is 2.91. The number of nitrogens with one attached hydrogen (secondary N) is 1. The lowest BCUT2D eigenvalue weighted by atomic mass is 10.3. The van der Waals surface area contributed by atoms with Crippen molar-refractivity contribution in [1.29, 1.82) is 0 Å². The van der Waals surface area contributed by atoms with Crippen molar-refractivity contribution >= 4 is 33.1 Å². The number of methoxy groups -OCH3 is 1. The maximum atomic E-state index is 12.9. The third-order valence-electron chi connectivity index (χ3n) is 4.31. The second kappa shape index (κ2) is 8.42. The molecule has 0 aliphatic rings. The standard InChI is InChI=1S/C21H20N4O3S/c1-14-16-13-18(29-21(16)25(24-14)15-7-4-3-5-8-15)19(26)23-17-9-6-10-22-20(17)28-12-11-27-2/h3-10,13H,11-12H2,1-2H3,(H,23,26). The number of hydrogen-bond donors (Lipinski definition) is 1.